The van der Waals surface area contributed by atoms with Crippen molar-refractivity contribution >= 4 is 5.91 Å². The van der Waals surface area contributed by atoms with Gasteiger partial charge in [0.25, 0.3) is 0 Å². The number of amides is 1. The van der Waals surface area contributed by atoms with Crippen molar-refractivity contribution in [3.8, 4) is 0 Å². The van der Waals surface area contributed by atoms with Gasteiger partial charge in [-0.05, 0) is 0 Å². The first kappa shape index (κ1) is 30.4. The molecule has 0 spiro atoms. The van der Waals surface area contributed by atoms with Crippen LogP contribution >= 0.6 is 0 Å². The molecule has 37 heavy (non-hydrogen) atoms. The van der Waals surface area contributed by atoms with Crippen molar-refractivity contribution < 1.29 is 79.5 Å². The molecule has 0 aliphatic carbocycles. The number of aliphatic hydroxyl groups excluding tert-OH is 10. The second kappa shape index (κ2) is 12.8. The summed E-state index contributed by atoms with van der Waals surface area (Å²) in [5.74, 6) is -0.620. The Morgan fingerprint density at radius 3 is 1.62 bits per heavy atom. The lowest BCUT2D eigenvalue weighted by Crippen LogP contribution is -2.68. The molecule has 0 aromatic carbocycles. The maximum atomic E-state index is 11.4. The van der Waals surface area contributed by atoms with Gasteiger partial charge in [-0.2, -0.15) is 0 Å². The average molecular weight is 545 g/mol. The van der Waals surface area contributed by atoms with Gasteiger partial charge in [0.1, 0.15) is 73.2 Å². The number of carbonyl (C=O) groups is 1. The Bertz CT molecular complexity index is 743. The van der Waals surface area contributed by atoms with Crippen LogP contribution in [-0.4, -0.2) is 169 Å². The summed E-state index contributed by atoms with van der Waals surface area (Å²) in [6.07, 6.45) is -23.2. The zero-order valence-corrected chi connectivity index (χ0v) is 19.7. The molecule has 0 aromatic heterocycles. The van der Waals surface area contributed by atoms with E-state index in [0.29, 0.717) is 0 Å². The number of aliphatic hydroxyl groups is 10. The maximum Gasteiger partial charge on any atom is 0.217 e. The van der Waals surface area contributed by atoms with Gasteiger partial charge in [0.05, 0.1) is 19.8 Å². The van der Waals surface area contributed by atoms with Crippen LogP contribution in [0.4, 0.5) is 0 Å². The van der Waals surface area contributed by atoms with Gasteiger partial charge in [0.2, 0.25) is 5.91 Å². The van der Waals surface area contributed by atoms with Crippen molar-refractivity contribution in [1.29, 1.82) is 0 Å². The molecular weight excluding hydrogens is 510 g/mol. The molecule has 0 bridgehead atoms. The van der Waals surface area contributed by atoms with Gasteiger partial charge in [-0.25, -0.2) is 0 Å². The molecule has 1 unspecified atom stereocenters. The van der Waals surface area contributed by atoms with Gasteiger partial charge < -0.3 is 80.1 Å². The van der Waals surface area contributed by atoms with Crippen LogP contribution in [0.15, 0.2) is 0 Å². The van der Waals surface area contributed by atoms with E-state index in [-0.39, 0.29) is 0 Å². The summed E-state index contributed by atoms with van der Waals surface area (Å²) < 4.78 is 26.9. The predicted molar refractivity (Wildman–Crippen MR) is 113 cm³/mol. The summed E-state index contributed by atoms with van der Waals surface area (Å²) >= 11 is 0. The molecule has 216 valence electrons. The first-order chi connectivity index (χ1) is 17.4. The third kappa shape index (κ3) is 6.38. The molecule has 0 saturated carbocycles. The molecule has 3 aliphatic rings. The monoisotopic (exact) mass is 545 g/mol. The van der Waals surface area contributed by atoms with Crippen LogP contribution in [0.3, 0.4) is 0 Å². The Balaban J connectivity index is 1.74. The lowest BCUT2D eigenvalue weighted by Gasteiger charge is -2.48. The summed E-state index contributed by atoms with van der Waals surface area (Å²) in [6, 6.07) is -1.38. The largest absolute Gasteiger partial charge is 0.394 e. The molecule has 3 saturated heterocycles. The fourth-order valence-corrected chi connectivity index (χ4v) is 4.46. The topological polar surface area (TPSA) is 278 Å². The lowest BCUT2D eigenvalue weighted by molar-refractivity contribution is -0.373. The Morgan fingerprint density at radius 2 is 1.11 bits per heavy atom. The first-order valence-corrected chi connectivity index (χ1v) is 11.6. The fourth-order valence-electron chi connectivity index (χ4n) is 4.46. The molecule has 3 aliphatic heterocycles. The molecule has 3 heterocycles. The highest BCUT2D eigenvalue weighted by atomic mass is 16.7. The lowest BCUT2D eigenvalue weighted by atomic mass is 9.95. The van der Waals surface area contributed by atoms with E-state index in [1.165, 1.54) is 0 Å². The first-order valence-electron chi connectivity index (χ1n) is 11.6. The number of nitrogens with one attached hydrogen (secondary N) is 1. The molecule has 3 fully saturated rings. The molecule has 11 N–H and O–H groups in total. The third-order valence-corrected chi connectivity index (χ3v) is 6.49. The molecular formula is C20H35NO16. The second-order valence-corrected chi connectivity index (χ2v) is 9.07. The van der Waals surface area contributed by atoms with Crippen LogP contribution in [0, 0.1) is 0 Å². The van der Waals surface area contributed by atoms with Crippen molar-refractivity contribution in [1.82, 2.24) is 5.32 Å². The van der Waals surface area contributed by atoms with Crippen molar-refractivity contribution in [3.05, 3.63) is 0 Å². The quantitative estimate of drug-likeness (QED) is 0.135. The van der Waals surface area contributed by atoms with E-state index in [4.69, 9.17) is 23.7 Å². The maximum absolute atomic E-state index is 11.4. The van der Waals surface area contributed by atoms with Gasteiger partial charge in [0.15, 0.2) is 18.9 Å². The third-order valence-electron chi connectivity index (χ3n) is 6.49. The van der Waals surface area contributed by atoms with E-state index >= 15 is 0 Å². The van der Waals surface area contributed by atoms with Gasteiger partial charge >= 0.3 is 0 Å². The van der Waals surface area contributed by atoms with E-state index < -0.39 is 118 Å². The van der Waals surface area contributed by atoms with E-state index in [2.05, 4.69) is 5.32 Å². The Labute approximate surface area is 210 Å². The number of carbonyl (C=O) groups excluding carboxylic acids is 1. The second-order valence-electron chi connectivity index (χ2n) is 9.07. The summed E-state index contributed by atoms with van der Waals surface area (Å²) in [5, 5.41) is 103. The SMILES string of the molecule is CC(=O)N[C@H]1C(O)O[C@H](CO)[C@@H](O[C@@H]2O[C@H](CO)[C@@H](O[C@@H]3O[C@H](CO)[C@H](O)[C@H](O)[C@H]3O)[C@H](O)[C@H]2O)[C@@H]1O. The van der Waals surface area contributed by atoms with Crippen LogP contribution in [-0.2, 0) is 28.5 Å². The number of hydrogen-bond donors (Lipinski definition) is 11. The van der Waals surface area contributed by atoms with Crippen LogP contribution in [0.5, 0.6) is 0 Å². The highest BCUT2D eigenvalue weighted by molar-refractivity contribution is 5.73. The highest BCUT2D eigenvalue weighted by Gasteiger charge is 2.53. The van der Waals surface area contributed by atoms with Crippen LogP contribution in [0.1, 0.15) is 6.92 Å². The predicted octanol–water partition coefficient (Wildman–Crippen LogP) is -7.43. The zero-order chi connectivity index (χ0) is 27.6. The molecule has 3 rings (SSSR count). The molecule has 0 aromatic rings. The number of ether oxygens (including phenoxy) is 5. The van der Waals surface area contributed by atoms with Crippen molar-refractivity contribution in [2.75, 3.05) is 19.8 Å². The molecule has 15 atom stereocenters. The van der Waals surface area contributed by atoms with Gasteiger partial charge in [-0.3, -0.25) is 4.79 Å². The highest BCUT2D eigenvalue weighted by Crippen LogP contribution is 2.32. The number of hydrogen-bond acceptors (Lipinski definition) is 16. The Morgan fingerprint density at radius 1 is 0.649 bits per heavy atom. The summed E-state index contributed by atoms with van der Waals surface area (Å²) in [5.41, 5.74) is 0. The van der Waals surface area contributed by atoms with Crippen LogP contribution < -0.4 is 5.32 Å². The normalized spacial score (nSPS) is 49.0. The summed E-state index contributed by atoms with van der Waals surface area (Å²) in [4.78, 5) is 11.4. The van der Waals surface area contributed by atoms with E-state index in [0.717, 1.165) is 6.92 Å². The van der Waals surface area contributed by atoms with E-state index in [9.17, 15) is 55.9 Å². The van der Waals surface area contributed by atoms with Crippen LogP contribution in [0.2, 0.25) is 0 Å². The summed E-state index contributed by atoms with van der Waals surface area (Å²) in [7, 11) is 0. The average Bonchev–Trinajstić information content (AvgIpc) is 2.87. The fraction of sp³-hybridized carbons (Fsp3) is 0.950. The van der Waals surface area contributed by atoms with Crippen molar-refractivity contribution in [2.45, 2.75) is 99.0 Å². The minimum Gasteiger partial charge on any atom is -0.394 e. The van der Waals surface area contributed by atoms with Gasteiger partial charge in [-0.1, -0.05) is 0 Å². The van der Waals surface area contributed by atoms with Crippen molar-refractivity contribution in [3.63, 3.8) is 0 Å². The van der Waals surface area contributed by atoms with E-state index in [1.54, 1.807) is 0 Å². The van der Waals surface area contributed by atoms with Crippen LogP contribution in [0.25, 0.3) is 0 Å². The Kier molecular flexibility index (Phi) is 10.5. The minimum atomic E-state index is -1.92. The standard InChI is InChI=1S/C20H35NO16/c1-5(25)21-9-11(27)16(7(3-23)33-18(9)32)36-20-15(31)13(29)17(8(4-24)35-20)37-19-14(30)12(28)10(26)6(2-22)34-19/h6-20,22-24,26-32H,2-4H2,1H3,(H,21,25)/t6-,7-,8-,9-,10+,11-,12+,13-,14-,15-,16-,17-,18?,19+,20+/m1/s1. The molecule has 1 amide bonds. The minimum absolute atomic E-state index is 0.620. The van der Waals surface area contributed by atoms with Crippen molar-refractivity contribution in [2.24, 2.45) is 0 Å². The smallest absolute Gasteiger partial charge is 0.217 e. The molecule has 17 heteroatoms. The van der Waals surface area contributed by atoms with E-state index in [1.807, 2.05) is 0 Å². The molecule has 0 radical (unpaired) electrons. The zero-order valence-electron chi connectivity index (χ0n) is 19.7. The number of rotatable bonds is 8. The van der Waals surface area contributed by atoms with Gasteiger partial charge in [-0.15, -0.1) is 0 Å². The summed E-state index contributed by atoms with van der Waals surface area (Å²) in [6.45, 7) is -1.21. The Hall–Kier alpha value is -1.13. The molecule has 17 nitrogen and oxygen atoms in total. The van der Waals surface area contributed by atoms with Gasteiger partial charge in [0, 0.05) is 6.92 Å².